The fourth-order valence-electron chi connectivity index (χ4n) is 1.73. The van der Waals surface area contributed by atoms with E-state index < -0.39 is 0 Å². The zero-order valence-electron chi connectivity index (χ0n) is 10.8. The van der Waals surface area contributed by atoms with Crippen LogP contribution in [-0.4, -0.2) is 17.2 Å². The molecule has 0 aliphatic carbocycles. The highest BCUT2D eigenvalue weighted by atomic mass is 16.5. The van der Waals surface area contributed by atoms with E-state index in [0.717, 1.165) is 11.3 Å². The minimum atomic E-state index is -0.0874. The Balaban J connectivity index is 2.30. The molecule has 0 aliphatic heterocycles. The van der Waals surface area contributed by atoms with Gasteiger partial charge in [-0.25, -0.2) is 0 Å². The van der Waals surface area contributed by atoms with Crippen molar-refractivity contribution >= 4 is 11.5 Å². The molecule has 19 heavy (non-hydrogen) atoms. The lowest BCUT2D eigenvalue weighted by Gasteiger charge is -2.11. The highest BCUT2D eigenvalue weighted by molar-refractivity contribution is 5.60. The molecular formula is C14H17N3O2. The fourth-order valence-corrected chi connectivity index (χ4v) is 1.73. The van der Waals surface area contributed by atoms with E-state index in [9.17, 15) is 5.11 Å². The van der Waals surface area contributed by atoms with Gasteiger partial charge in [0.15, 0.2) is 0 Å². The maximum Gasteiger partial charge on any atom is 0.214 e. The first-order valence-electron chi connectivity index (χ1n) is 5.97. The quantitative estimate of drug-likeness (QED) is 0.762. The zero-order chi connectivity index (χ0) is 13.7. The Morgan fingerprint density at radius 2 is 2.16 bits per heavy atom. The molecule has 0 fully saturated rings. The highest BCUT2D eigenvalue weighted by Crippen LogP contribution is 2.22. The molecule has 0 saturated carbocycles. The maximum atomic E-state index is 9.32. The van der Waals surface area contributed by atoms with Crippen molar-refractivity contribution < 1.29 is 9.84 Å². The zero-order valence-corrected chi connectivity index (χ0v) is 10.8. The van der Waals surface area contributed by atoms with Crippen molar-refractivity contribution in [3.8, 4) is 5.88 Å². The molecule has 0 aliphatic rings. The Morgan fingerprint density at radius 1 is 1.32 bits per heavy atom. The Bertz CT molecular complexity index is 558. The fraction of sp³-hybridized carbons (Fsp3) is 0.214. The average molecular weight is 259 g/mol. The Kier molecular flexibility index (Phi) is 4.33. The van der Waals surface area contributed by atoms with Gasteiger partial charge in [-0.1, -0.05) is 12.1 Å². The number of methoxy groups -OCH3 is 1. The smallest absolute Gasteiger partial charge is 0.214 e. The van der Waals surface area contributed by atoms with Crippen molar-refractivity contribution in [3.05, 3.63) is 47.5 Å². The van der Waals surface area contributed by atoms with Gasteiger partial charge < -0.3 is 20.9 Å². The van der Waals surface area contributed by atoms with Gasteiger partial charge >= 0.3 is 0 Å². The number of pyridine rings is 1. The van der Waals surface area contributed by atoms with Crippen molar-refractivity contribution in [2.45, 2.75) is 13.2 Å². The number of hydrogen-bond donors (Lipinski definition) is 3. The molecule has 0 bridgehead atoms. The summed E-state index contributed by atoms with van der Waals surface area (Å²) in [7, 11) is 1.56. The number of nitrogens with one attached hydrogen (secondary N) is 1. The van der Waals surface area contributed by atoms with Gasteiger partial charge in [-0.15, -0.1) is 0 Å². The van der Waals surface area contributed by atoms with Gasteiger partial charge in [0, 0.05) is 23.9 Å². The van der Waals surface area contributed by atoms with Crippen molar-refractivity contribution in [2.24, 2.45) is 5.73 Å². The molecule has 0 atom stereocenters. The first kappa shape index (κ1) is 13.3. The third kappa shape index (κ3) is 3.21. The van der Waals surface area contributed by atoms with Gasteiger partial charge in [-0.2, -0.15) is 4.98 Å². The van der Waals surface area contributed by atoms with E-state index in [0.29, 0.717) is 23.8 Å². The summed E-state index contributed by atoms with van der Waals surface area (Å²) in [4.78, 5) is 4.29. The number of ether oxygens (including phenoxy) is 1. The lowest BCUT2D eigenvalue weighted by molar-refractivity contribution is 0.281. The molecular weight excluding hydrogens is 242 g/mol. The first-order chi connectivity index (χ1) is 9.26. The number of nitrogens with two attached hydrogens (primary N) is 1. The molecule has 0 saturated heterocycles. The maximum absolute atomic E-state index is 9.32. The number of aliphatic hydroxyl groups is 1. The number of aliphatic hydroxyl groups excluding tert-OH is 1. The molecule has 0 amide bonds. The predicted octanol–water partition coefficient (Wildman–Crippen LogP) is 1.78. The summed E-state index contributed by atoms with van der Waals surface area (Å²) >= 11 is 0. The van der Waals surface area contributed by atoms with Crippen LogP contribution in [0.15, 0.2) is 36.4 Å². The molecule has 4 N–H and O–H groups in total. The summed E-state index contributed by atoms with van der Waals surface area (Å²) in [5.74, 6) is 1.07. The predicted molar refractivity (Wildman–Crippen MR) is 74.3 cm³/mol. The molecule has 0 spiro atoms. The van der Waals surface area contributed by atoms with Crippen LogP contribution in [0.2, 0.25) is 0 Å². The van der Waals surface area contributed by atoms with Crippen LogP contribution in [-0.2, 0) is 13.2 Å². The van der Waals surface area contributed by atoms with Crippen LogP contribution in [0.3, 0.4) is 0 Å². The number of hydrogen-bond acceptors (Lipinski definition) is 5. The lowest BCUT2D eigenvalue weighted by Crippen LogP contribution is -2.02. The molecule has 0 unspecified atom stereocenters. The van der Waals surface area contributed by atoms with Crippen LogP contribution in [0.4, 0.5) is 11.5 Å². The molecule has 5 heteroatoms. The number of anilines is 2. The largest absolute Gasteiger partial charge is 0.481 e. The van der Waals surface area contributed by atoms with Crippen LogP contribution < -0.4 is 15.8 Å². The summed E-state index contributed by atoms with van der Waals surface area (Å²) in [5, 5.41) is 12.5. The van der Waals surface area contributed by atoms with E-state index in [1.54, 1.807) is 19.2 Å². The topological polar surface area (TPSA) is 80.4 Å². The van der Waals surface area contributed by atoms with Crippen molar-refractivity contribution in [2.75, 3.05) is 12.4 Å². The van der Waals surface area contributed by atoms with Crippen molar-refractivity contribution in [1.82, 2.24) is 4.98 Å². The SMILES string of the molecule is COc1ccc(CO)c(Nc2cccc(CN)c2)n1. The van der Waals surface area contributed by atoms with Gasteiger partial charge in [-0.3, -0.25) is 0 Å². The van der Waals surface area contributed by atoms with Crippen LogP contribution in [0.25, 0.3) is 0 Å². The van der Waals surface area contributed by atoms with Crippen LogP contribution in [0.1, 0.15) is 11.1 Å². The molecule has 5 nitrogen and oxygen atoms in total. The Labute approximate surface area is 112 Å². The van der Waals surface area contributed by atoms with E-state index in [-0.39, 0.29) is 6.61 Å². The molecule has 1 aromatic carbocycles. The van der Waals surface area contributed by atoms with Gasteiger partial charge in [-0.05, 0) is 23.8 Å². The Hall–Kier alpha value is -2.11. The van der Waals surface area contributed by atoms with Gasteiger partial charge in [0.1, 0.15) is 5.82 Å². The van der Waals surface area contributed by atoms with Crippen molar-refractivity contribution in [1.29, 1.82) is 0 Å². The summed E-state index contributed by atoms with van der Waals surface area (Å²) in [6, 6.07) is 11.2. The third-order valence-electron chi connectivity index (χ3n) is 2.76. The standard InChI is InChI=1S/C14H17N3O2/c1-19-13-6-5-11(9-18)14(17-13)16-12-4-2-3-10(7-12)8-15/h2-7,18H,8-9,15H2,1H3,(H,16,17). The van der Waals surface area contributed by atoms with E-state index in [2.05, 4.69) is 10.3 Å². The molecule has 2 aromatic rings. The lowest BCUT2D eigenvalue weighted by atomic mass is 10.2. The van der Waals surface area contributed by atoms with E-state index in [1.807, 2.05) is 24.3 Å². The summed E-state index contributed by atoms with van der Waals surface area (Å²) in [6.45, 7) is 0.393. The number of benzene rings is 1. The average Bonchev–Trinajstić information content (AvgIpc) is 2.47. The first-order valence-corrected chi connectivity index (χ1v) is 5.97. The highest BCUT2D eigenvalue weighted by Gasteiger charge is 2.06. The molecule has 0 radical (unpaired) electrons. The van der Waals surface area contributed by atoms with Gasteiger partial charge in [0.25, 0.3) is 0 Å². The van der Waals surface area contributed by atoms with Gasteiger partial charge in [0.2, 0.25) is 5.88 Å². The second-order valence-electron chi connectivity index (χ2n) is 4.05. The molecule has 100 valence electrons. The normalized spacial score (nSPS) is 10.3. The summed E-state index contributed by atoms with van der Waals surface area (Å²) in [5.41, 5.74) is 8.22. The molecule has 1 aromatic heterocycles. The monoisotopic (exact) mass is 259 g/mol. The summed E-state index contributed by atoms with van der Waals surface area (Å²) in [6.07, 6.45) is 0. The summed E-state index contributed by atoms with van der Waals surface area (Å²) < 4.78 is 5.08. The molecule has 2 rings (SSSR count). The third-order valence-corrected chi connectivity index (χ3v) is 2.76. The number of aromatic nitrogens is 1. The number of rotatable bonds is 5. The second-order valence-corrected chi connectivity index (χ2v) is 4.05. The van der Waals surface area contributed by atoms with Crippen LogP contribution in [0, 0.1) is 0 Å². The van der Waals surface area contributed by atoms with E-state index in [4.69, 9.17) is 10.5 Å². The molecule has 1 heterocycles. The van der Waals surface area contributed by atoms with E-state index >= 15 is 0 Å². The van der Waals surface area contributed by atoms with Gasteiger partial charge in [0.05, 0.1) is 13.7 Å². The van der Waals surface area contributed by atoms with Crippen LogP contribution in [0.5, 0.6) is 5.88 Å². The number of nitrogens with zero attached hydrogens (tertiary/aromatic N) is 1. The minimum absolute atomic E-state index is 0.0874. The van der Waals surface area contributed by atoms with Crippen molar-refractivity contribution in [3.63, 3.8) is 0 Å². The van der Waals surface area contributed by atoms with E-state index in [1.165, 1.54) is 0 Å². The second kappa shape index (κ2) is 6.17. The minimum Gasteiger partial charge on any atom is -0.481 e. The Morgan fingerprint density at radius 3 is 2.84 bits per heavy atom. The van der Waals surface area contributed by atoms with Crippen LogP contribution >= 0.6 is 0 Å².